The van der Waals surface area contributed by atoms with E-state index in [2.05, 4.69) is 21.3 Å². The fourth-order valence-electron chi connectivity index (χ4n) is 3.53. The van der Waals surface area contributed by atoms with Gasteiger partial charge in [0.2, 0.25) is 5.95 Å². The van der Waals surface area contributed by atoms with E-state index >= 15 is 0 Å². The molecule has 27 heavy (non-hydrogen) atoms. The number of likely N-dealkylation sites (tertiary alicyclic amines) is 1. The van der Waals surface area contributed by atoms with E-state index < -0.39 is 5.41 Å². The number of fused-ring (bicyclic) bond motifs is 1. The normalized spacial score (nSPS) is 20.0. The summed E-state index contributed by atoms with van der Waals surface area (Å²) >= 11 is 0. The smallest absolute Gasteiger partial charge is 0.276 e. The Morgan fingerprint density at radius 3 is 3.04 bits per heavy atom. The van der Waals surface area contributed by atoms with Crippen molar-refractivity contribution in [3.8, 4) is 12.0 Å². The van der Waals surface area contributed by atoms with Gasteiger partial charge in [-0.3, -0.25) is 14.6 Å². The van der Waals surface area contributed by atoms with Gasteiger partial charge in [-0.2, -0.15) is 10.4 Å². The molecule has 1 amide bonds. The molecular weight excluding hydrogens is 346 g/mol. The minimum Gasteiger partial charge on any atom is -0.337 e. The summed E-state index contributed by atoms with van der Waals surface area (Å²) in [5.41, 5.74) is 0.647. The maximum atomic E-state index is 13.0. The van der Waals surface area contributed by atoms with E-state index in [4.69, 9.17) is 0 Å². The van der Waals surface area contributed by atoms with Gasteiger partial charge < -0.3 is 4.90 Å². The highest BCUT2D eigenvalue weighted by atomic mass is 16.2. The predicted molar refractivity (Wildman–Crippen MR) is 96.5 cm³/mol. The Bertz CT molecular complexity index is 1130. The Balaban J connectivity index is 1.68. The molecule has 1 aliphatic heterocycles. The molecule has 0 radical (unpaired) electrons. The van der Waals surface area contributed by atoms with Gasteiger partial charge in [0.25, 0.3) is 11.5 Å². The first-order valence-electron chi connectivity index (χ1n) is 8.75. The highest BCUT2D eigenvalue weighted by molar-refractivity contribution is 5.95. The SMILES string of the molecule is Cc1c(C(=O)N2CCCC(C)(C#N)C2)cnn1-c1nn2cccc2c(=O)[nH]1. The van der Waals surface area contributed by atoms with Gasteiger partial charge in [0, 0.05) is 19.3 Å². The minimum atomic E-state index is -0.524. The Morgan fingerprint density at radius 1 is 1.44 bits per heavy atom. The fraction of sp³-hybridized carbons (Fsp3) is 0.389. The zero-order chi connectivity index (χ0) is 19.2. The number of nitriles is 1. The van der Waals surface area contributed by atoms with Crippen molar-refractivity contribution in [1.82, 2.24) is 29.3 Å². The van der Waals surface area contributed by atoms with Crippen LogP contribution in [0, 0.1) is 23.7 Å². The molecule has 3 aromatic rings. The molecule has 1 N–H and O–H groups in total. The number of hydrogen-bond acceptors (Lipinski definition) is 5. The Morgan fingerprint density at radius 2 is 2.26 bits per heavy atom. The molecular formula is C18H19N7O2. The lowest BCUT2D eigenvalue weighted by atomic mass is 9.83. The van der Waals surface area contributed by atoms with E-state index in [1.807, 2.05) is 6.92 Å². The molecule has 1 saturated heterocycles. The van der Waals surface area contributed by atoms with Crippen molar-refractivity contribution in [2.75, 3.05) is 13.1 Å². The molecule has 9 heteroatoms. The van der Waals surface area contributed by atoms with Crippen LogP contribution in [0.5, 0.6) is 0 Å². The number of hydrogen-bond donors (Lipinski definition) is 1. The number of carbonyl (C=O) groups excluding carboxylic acids is 1. The van der Waals surface area contributed by atoms with Crippen LogP contribution >= 0.6 is 0 Å². The molecule has 0 spiro atoms. The van der Waals surface area contributed by atoms with Gasteiger partial charge >= 0.3 is 0 Å². The first kappa shape index (κ1) is 17.0. The first-order valence-corrected chi connectivity index (χ1v) is 8.75. The summed E-state index contributed by atoms with van der Waals surface area (Å²) in [5.74, 6) is 0.0741. The van der Waals surface area contributed by atoms with Crippen LogP contribution in [-0.4, -0.2) is 48.3 Å². The maximum Gasteiger partial charge on any atom is 0.276 e. The zero-order valence-electron chi connectivity index (χ0n) is 15.1. The van der Waals surface area contributed by atoms with Crippen LogP contribution in [0.25, 0.3) is 11.5 Å². The lowest BCUT2D eigenvalue weighted by Crippen LogP contribution is -2.44. The van der Waals surface area contributed by atoms with E-state index in [0.29, 0.717) is 29.9 Å². The van der Waals surface area contributed by atoms with Crippen molar-refractivity contribution in [2.45, 2.75) is 26.7 Å². The van der Waals surface area contributed by atoms with Gasteiger partial charge in [0.05, 0.1) is 28.9 Å². The van der Waals surface area contributed by atoms with Gasteiger partial charge in [-0.15, -0.1) is 5.10 Å². The van der Waals surface area contributed by atoms with Crippen LogP contribution < -0.4 is 5.56 Å². The fourth-order valence-corrected chi connectivity index (χ4v) is 3.53. The van der Waals surface area contributed by atoms with Crippen molar-refractivity contribution in [3.05, 3.63) is 46.1 Å². The van der Waals surface area contributed by atoms with Crippen LogP contribution in [0.3, 0.4) is 0 Å². The highest BCUT2D eigenvalue weighted by Gasteiger charge is 2.34. The number of nitrogens with zero attached hydrogens (tertiary/aromatic N) is 6. The van der Waals surface area contributed by atoms with Crippen molar-refractivity contribution in [2.24, 2.45) is 5.41 Å². The molecule has 0 aliphatic carbocycles. The van der Waals surface area contributed by atoms with Crippen LogP contribution in [0.1, 0.15) is 35.8 Å². The number of piperidine rings is 1. The molecule has 0 bridgehead atoms. The summed E-state index contributed by atoms with van der Waals surface area (Å²) in [7, 11) is 0. The van der Waals surface area contributed by atoms with Gasteiger partial charge in [-0.25, -0.2) is 9.20 Å². The van der Waals surface area contributed by atoms with Crippen LogP contribution in [0.2, 0.25) is 0 Å². The Labute approximate surface area is 154 Å². The Kier molecular flexibility index (Phi) is 3.84. The summed E-state index contributed by atoms with van der Waals surface area (Å²) in [4.78, 5) is 29.5. The lowest BCUT2D eigenvalue weighted by molar-refractivity contribution is 0.0629. The summed E-state index contributed by atoms with van der Waals surface area (Å²) in [6.07, 6.45) is 4.74. The van der Waals surface area contributed by atoms with Gasteiger partial charge in [0.15, 0.2) is 0 Å². The average molecular weight is 365 g/mol. The largest absolute Gasteiger partial charge is 0.337 e. The molecule has 1 aliphatic rings. The van der Waals surface area contributed by atoms with E-state index in [9.17, 15) is 14.9 Å². The van der Waals surface area contributed by atoms with Gasteiger partial charge in [-0.05, 0) is 38.8 Å². The third kappa shape index (κ3) is 2.79. The topological polar surface area (TPSA) is 112 Å². The van der Waals surface area contributed by atoms with Crippen LogP contribution in [0.4, 0.5) is 0 Å². The maximum absolute atomic E-state index is 13.0. The second kappa shape index (κ2) is 6.09. The monoisotopic (exact) mass is 365 g/mol. The predicted octanol–water partition coefficient (Wildman–Crippen LogP) is 1.28. The molecule has 4 rings (SSSR count). The van der Waals surface area contributed by atoms with Gasteiger partial charge in [0.1, 0.15) is 5.52 Å². The summed E-state index contributed by atoms with van der Waals surface area (Å²) in [6.45, 7) is 4.65. The number of aromatic amines is 1. The van der Waals surface area contributed by atoms with Crippen molar-refractivity contribution < 1.29 is 4.79 Å². The number of aromatic nitrogens is 5. The highest BCUT2D eigenvalue weighted by Crippen LogP contribution is 2.29. The number of amides is 1. The van der Waals surface area contributed by atoms with Gasteiger partial charge in [-0.1, -0.05) is 0 Å². The van der Waals surface area contributed by atoms with Crippen molar-refractivity contribution in [3.63, 3.8) is 0 Å². The second-order valence-electron chi connectivity index (χ2n) is 7.17. The van der Waals surface area contributed by atoms with Crippen molar-refractivity contribution in [1.29, 1.82) is 5.26 Å². The zero-order valence-corrected chi connectivity index (χ0v) is 15.1. The number of rotatable bonds is 2. The number of H-pyrrole nitrogens is 1. The number of nitrogens with one attached hydrogen (secondary N) is 1. The molecule has 0 saturated carbocycles. The summed E-state index contributed by atoms with van der Waals surface area (Å²) in [6, 6.07) is 5.72. The molecule has 0 aromatic carbocycles. The second-order valence-corrected chi connectivity index (χ2v) is 7.17. The molecule has 1 fully saturated rings. The molecule has 9 nitrogen and oxygen atoms in total. The van der Waals surface area contributed by atoms with E-state index in [1.54, 1.807) is 30.2 Å². The van der Waals surface area contributed by atoms with E-state index in [0.717, 1.165) is 12.8 Å². The lowest BCUT2D eigenvalue weighted by Gasteiger charge is -2.35. The molecule has 4 heterocycles. The van der Waals surface area contributed by atoms with Crippen LogP contribution in [-0.2, 0) is 0 Å². The number of carbonyl (C=O) groups is 1. The Hall–Kier alpha value is -3.41. The van der Waals surface area contributed by atoms with E-state index in [1.165, 1.54) is 15.4 Å². The van der Waals surface area contributed by atoms with Crippen LogP contribution in [0.15, 0.2) is 29.3 Å². The molecule has 3 aromatic heterocycles. The third-order valence-electron chi connectivity index (χ3n) is 5.08. The average Bonchev–Trinajstić information content (AvgIpc) is 3.28. The molecule has 1 atom stereocenters. The third-order valence-corrected chi connectivity index (χ3v) is 5.08. The van der Waals surface area contributed by atoms with E-state index in [-0.39, 0.29) is 17.4 Å². The summed E-state index contributed by atoms with van der Waals surface area (Å²) in [5, 5.41) is 18.0. The summed E-state index contributed by atoms with van der Waals surface area (Å²) < 4.78 is 2.92. The quantitative estimate of drug-likeness (QED) is 0.735. The minimum absolute atomic E-state index is 0.163. The molecule has 138 valence electrons. The van der Waals surface area contributed by atoms with Crippen molar-refractivity contribution >= 4 is 11.4 Å². The molecule has 1 unspecified atom stereocenters. The standard InChI is InChI=1S/C18H19N7O2/c1-12-13(16(27)23-7-4-6-18(2,10-19)11-23)9-20-25(12)17-21-15(26)14-5-3-8-24(14)22-17/h3,5,8-9H,4,6-7,11H2,1-2H3,(H,21,22,26). The first-order chi connectivity index (χ1) is 12.9.